The highest BCUT2D eigenvalue weighted by Gasteiger charge is 2.30. The molecule has 104 valence electrons. The van der Waals surface area contributed by atoms with Crippen LogP contribution >= 0.6 is 27.5 Å². The molecule has 0 saturated carbocycles. The maximum atomic E-state index is 13.2. The summed E-state index contributed by atoms with van der Waals surface area (Å²) in [7, 11) is 0. The average molecular weight is 355 g/mol. The molecule has 0 aliphatic heterocycles. The van der Waals surface area contributed by atoms with Crippen LogP contribution in [0.15, 0.2) is 46.9 Å². The van der Waals surface area contributed by atoms with Gasteiger partial charge in [-0.1, -0.05) is 30.3 Å². The zero-order valence-electron chi connectivity index (χ0n) is 10.7. The molecule has 2 atom stereocenters. The third-order valence-electron chi connectivity index (χ3n) is 3.68. The molecule has 1 aliphatic carbocycles. The van der Waals surface area contributed by atoms with Crippen molar-refractivity contribution in [2.45, 2.75) is 24.4 Å². The number of fused-ring (bicyclic) bond motifs is 1. The van der Waals surface area contributed by atoms with Gasteiger partial charge in [0.15, 0.2) is 0 Å². The monoisotopic (exact) mass is 353 g/mol. The van der Waals surface area contributed by atoms with E-state index in [0.29, 0.717) is 11.0 Å². The van der Waals surface area contributed by atoms with E-state index in [0.717, 1.165) is 12.0 Å². The third-order valence-corrected chi connectivity index (χ3v) is 4.69. The van der Waals surface area contributed by atoms with Gasteiger partial charge < -0.3 is 5.32 Å². The number of alkyl halides is 1. The molecule has 0 spiro atoms. The zero-order valence-corrected chi connectivity index (χ0v) is 13.1. The maximum Gasteiger partial charge on any atom is 0.137 e. The van der Waals surface area contributed by atoms with E-state index in [2.05, 4.69) is 33.4 Å². The van der Waals surface area contributed by atoms with Crippen LogP contribution in [0.2, 0.25) is 0 Å². The molecule has 0 aromatic heterocycles. The Hall–Kier alpha value is -0.900. The van der Waals surface area contributed by atoms with Crippen molar-refractivity contribution in [2.75, 3.05) is 0 Å². The lowest BCUT2D eigenvalue weighted by molar-refractivity contribution is 0.535. The van der Waals surface area contributed by atoms with Gasteiger partial charge in [-0.15, -0.1) is 11.6 Å². The summed E-state index contributed by atoms with van der Waals surface area (Å²) in [6.45, 7) is 0.668. The number of hydrogen-bond acceptors (Lipinski definition) is 1. The first-order valence-corrected chi connectivity index (χ1v) is 7.77. The lowest BCUT2D eigenvalue weighted by atomic mass is 10.1. The lowest BCUT2D eigenvalue weighted by Gasteiger charge is -2.17. The second-order valence-electron chi connectivity index (χ2n) is 5.03. The molecule has 3 rings (SSSR count). The second kappa shape index (κ2) is 5.84. The van der Waals surface area contributed by atoms with E-state index >= 15 is 0 Å². The normalized spacial score (nSPS) is 20.9. The Labute approximate surface area is 131 Å². The van der Waals surface area contributed by atoms with E-state index in [1.807, 2.05) is 12.1 Å². The van der Waals surface area contributed by atoms with Gasteiger partial charge in [0.25, 0.3) is 0 Å². The van der Waals surface area contributed by atoms with Crippen LogP contribution in [0.25, 0.3) is 0 Å². The summed E-state index contributed by atoms with van der Waals surface area (Å²) in [6.07, 6.45) is 0.891. The van der Waals surface area contributed by atoms with Gasteiger partial charge in [0.2, 0.25) is 0 Å². The fourth-order valence-corrected chi connectivity index (χ4v) is 3.48. The van der Waals surface area contributed by atoms with Gasteiger partial charge in [0.05, 0.1) is 9.85 Å². The largest absolute Gasteiger partial charge is 0.305 e. The molecule has 0 bridgehead atoms. The molecule has 2 unspecified atom stereocenters. The van der Waals surface area contributed by atoms with Gasteiger partial charge >= 0.3 is 0 Å². The molecule has 20 heavy (non-hydrogen) atoms. The molecule has 1 aliphatic rings. The van der Waals surface area contributed by atoms with Gasteiger partial charge in [-0.2, -0.15) is 0 Å². The highest BCUT2D eigenvalue weighted by Crippen LogP contribution is 2.34. The predicted octanol–water partition coefficient (Wildman–Crippen LogP) is 4.58. The Bertz CT molecular complexity index is 632. The molecular weight excluding hydrogens is 341 g/mol. The summed E-state index contributed by atoms with van der Waals surface area (Å²) in [5, 5.41) is 3.54. The molecule has 0 heterocycles. The summed E-state index contributed by atoms with van der Waals surface area (Å²) in [4.78, 5) is 0. The highest BCUT2D eigenvalue weighted by atomic mass is 79.9. The van der Waals surface area contributed by atoms with Crippen LogP contribution in [0.4, 0.5) is 4.39 Å². The fourth-order valence-electron chi connectivity index (χ4n) is 2.66. The summed E-state index contributed by atoms with van der Waals surface area (Å²) in [5.74, 6) is -0.241. The summed E-state index contributed by atoms with van der Waals surface area (Å²) in [5.41, 5.74) is 3.62. The van der Waals surface area contributed by atoms with E-state index in [-0.39, 0.29) is 17.2 Å². The SMILES string of the molecule is Fc1ccc(CNC2c3ccccc3CC2Cl)cc1Br. The Balaban J connectivity index is 1.74. The molecule has 2 aromatic rings. The van der Waals surface area contributed by atoms with Crippen LogP contribution in [0, 0.1) is 5.82 Å². The minimum absolute atomic E-state index is 0.0660. The standard InChI is InChI=1S/C16H14BrClFN/c17-13-7-10(5-6-15(13)19)9-20-16-12-4-2-1-3-11(12)8-14(16)18/h1-7,14,16,20H,8-9H2. The Morgan fingerprint density at radius 3 is 2.85 bits per heavy atom. The molecule has 1 nitrogen and oxygen atoms in total. The van der Waals surface area contributed by atoms with E-state index < -0.39 is 0 Å². The maximum absolute atomic E-state index is 13.2. The van der Waals surface area contributed by atoms with Gasteiger partial charge in [-0.3, -0.25) is 0 Å². The van der Waals surface area contributed by atoms with Crippen LogP contribution in [0.5, 0.6) is 0 Å². The number of rotatable bonds is 3. The van der Waals surface area contributed by atoms with Crippen molar-refractivity contribution in [3.05, 3.63) is 69.4 Å². The quantitative estimate of drug-likeness (QED) is 0.795. The fraction of sp³-hybridized carbons (Fsp3) is 0.250. The highest BCUT2D eigenvalue weighted by molar-refractivity contribution is 9.10. The van der Waals surface area contributed by atoms with Crippen molar-refractivity contribution in [1.29, 1.82) is 0 Å². The smallest absolute Gasteiger partial charge is 0.137 e. The summed E-state index contributed by atoms with van der Waals surface area (Å²) < 4.78 is 13.7. The van der Waals surface area contributed by atoms with Crippen molar-refractivity contribution in [3.63, 3.8) is 0 Å². The van der Waals surface area contributed by atoms with Crippen LogP contribution in [-0.4, -0.2) is 5.38 Å². The lowest BCUT2D eigenvalue weighted by Crippen LogP contribution is -2.25. The predicted molar refractivity (Wildman–Crippen MR) is 83.5 cm³/mol. The number of halogens is 3. The van der Waals surface area contributed by atoms with Crippen molar-refractivity contribution in [3.8, 4) is 0 Å². The van der Waals surface area contributed by atoms with Gasteiger partial charge in [0.1, 0.15) is 5.82 Å². The van der Waals surface area contributed by atoms with Gasteiger partial charge in [-0.25, -0.2) is 4.39 Å². The zero-order chi connectivity index (χ0) is 14.1. The van der Waals surface area contributed by atoms with E-state index in [4.69, 9.17) is 11.6 Å². The molecule has 4 heteroatoms. The van der Waals surface area contributed by atoms with Crippen LogP contribution < -0.4 is 5.32 Å². The van der Waals surface area contributed by atoms with Gasteiger partial charge in [0, 0.05) is 12.6 Å². The topological polar surface area (TPSA) is 12.0 Å². The van der Waals surface area contributed by atoms with E-state index in [1.165, 1.54) is 17.2 Å². The van der Waals surface area contributed by atoms with E-state index in [1.54, 1.807) is 12.1 Å². The van der Waals surface area contributed by atoms with Crippen LogP contribution in [0.3, 0.4) is 0 Å². The molecule has 0 fully saturated rings. The first-order valence-electron chi connectivity index (χ1n) is 6.54. The van der Waals surface area contributed by atoms with Gasteiger partial charge in [-0.05, 0) is 51.2 Å². The van der Waals surface area contributed by atoms with Crippen LogP contribution in [-0.2, 0) is 13.0 Å². The van der Waals surface area contributed by atoms with Crippen LogP contribution in [0.1, 0.15) is 22.7 Å². The third kappa shape index (κ3) is 2.76. The Morgan fingerprint density at radius 1 is 1.25 bits per heavy atom. The van der Waals surface area contributed by atoms with Crippen molar-refractivity contribution in [1.82, 2.24) is 5.32 Å². The summed E-state index contributed by atoms with van der Waals surface area (Å²) >= 11 is 9.64. The number of hydrogen-bond donors (Lipinski definition) is 1. The first-order chi connectivity index (χ1) is 9.65. The first kappa shape index (κ1) is 14.1. The van der Waals surface area contributed by atoms with Crippen molar-refractivity contribution >= 4 is 27.5 Å². The summed E-state index contributed by atoms with van der Waals surface area (Å²) in [6, 6.07) is 13.5. The average Bonchev–Trinajstić information content (AvgIpc) is 2.76. The number of benzene rings is 2. The Kier molecular flexibility index (Phi) is 4.11. The van der Waals surface area contributed by atoms with Crippen molar-refractivity contribution in [2.24, 2.45) is 0 Å². The molecule has 0 saturated heterocycles. The molecule has 2 aromatic carbocycles. The van der Waals surface area contributed by atoms with E-state index in [9.17, 15) is 4.39 Å². The second-order valence-corrected chi connectivity index (χ2v) is 6.44. The minimum atomic E-state index is -0.241. The number of nitrogens with one attached hydrogen (secondary N) is 1. The Morgan fingerprint density at radius 2 is 2.05 bits per heavy atom. The molecular formula is C16H14BrClFN. The molecule has 1 N–H and O–H groups in total. The van der Waals surface area contributed by atoms with Crippen molar-refractivity contribution < 1.29 is 4.39 Å². The molecule has 0 amide bonds. The minimum Gasteiger partial charge on any atom is -0.305 e. The molecule has 0 radical (unpaired) electrons.